The van der Waals surface area contributed by atoms with Gasteiger partial charge in [-0.25, -0.2) is 0 Å². The van der Waals surface area contributed by atoms with Gasteiger partial charge < -0.3 is 0 Å². The molecule has 2 nitrogen and oxygen atoms in total. The third-order valence-corrected chi connectivity index (χ3v) is 4.61. The highest BCUT2D eigenvalue weighted by atomic mass is 32.1. The van der Waals surface area contributed by atoms with E-state index in [1.165, 1.54) is 47.9 Å². The minimum Gasteiger partial charge on any atom is -0.267 e. The number of benzene rings is 1. The fraction of sp³-hybridized carbons (Fsp3) is 0.500. The van der Waals surface area contributed by atoms with Crippen molar-refractivity contribution >= 4 is 12.6 Å². The summed E-state index contributed by atoms with van der Waals surface area (Å²) in [5, 5.41) is 4.84. The Bertz CT molecular complexity index is 650. The van der Waals surface area contributed by atoms with Crippen molar-refractivity contribution in [1.29, 1.82) is 0 Å². The number of rotatable bonds is 2. The average molecular weight is 300 g/mol. The van der Waals surface area contributed by atoms with Gasteiger partial charge in [-0.3, -0.25) is 4.68 Å². The van der Waals surface area contributed by atoms with Crippen molar-refractivity contribution in [2.24, 2.45) is 0 Å². The normalized spacial score (nSPS) is 15.0. The molecule has 0 fully saturated rings. The largest absolute Gasteiger partial charge is 0.267 e. The topological polar surface area (TPSA) is 17.8 Å². The van der Waals surface area contributed by atoms with Gasteiger partial charge in [-0.15, -0.1) is 0 Å². The second kappa shape index (κ2) is 5.53. The van der Waals surface area contributed by atoms with Crippen molar-refractivity contribution in [3.63, 3.8) is 0 Å². The van der Waals surface area contributed by atoms with Crippen molar-refractivity contribution in [3.8, 4) is 11.3 Å². The van der Waals surface area contributed by atoms with Gasteiger partial charge in [0.15, 0.2) is 0 Å². The Morgan fingerprint density at radius 2 is 1.86 bits per heavy atom. The molecular formula is C18H24N2S. The first-order valence-corrected chi connectivity index (χ1v) is 8.44. The molecule has 0 N–H and O–H groups in total. The third-order valence-electron chi connectivity index (χ3n) is 4.27. The zero-order valence-electron chi connectivity index (χ0n) is 13.2. The molecule has 3 rings (SSSR count). The minimum atomic E-state index is 0.00412. The first-order valence-electron chi connectivity index (χ1n) is 7.81. The molecule has 2 aromatic rings. The van der Waals surface area contributed by atoms with Crippen molar-refractivity contribution in [3.05, 3.63) is 41.1 Å². The van der Waals surface area contributed by atoms with Gasteiger partial charge >= 0.3 is 0 Å². The van der Waals surface area contributed by atoms with Crippen molar-refractivity contribution in [1.82, 2.24) is 9.78 Å². The maximum absolute atomic E-state index is 4.84. The van der Waals surface area contributed by atoms with Crippen LogP contribution < -0.4 is 0 Å². The Morgan fingerprint density at radius 1 is 1.14 bits per heavy atom. The lowest BCUT2D eigenvalue weighted by Gasteiger charge is -2.19. The molecule has 3 heteroatoms. The third kappa shape index (κ3) is 2.89. The number of hydrogen-bond donors (Lipinski definition) is 1. The van der Waals surface area contributed by atoms with Crippen LogP contribution in [0.25, 0.3) is 11.3 Å². The van der Waals surface area contributed by atoms with Crippen LogP contribution >= 0.6 is 12.6 Å². The Morgan fingerprint density at radius 3 is 2.52 bits per heavy atom. The molecule has 1 aromatic carbocycles. The molecule has 1 heterocycles. The summed E-state index contributed by atoms with van der Waals surface area (Å²) in [4.78, 5) is 0. The molecule has 0 unspecified atom stereocenters. The minimum absolute atomic E-state index is 0.00412. The van der Waals surface area contributed by atoms with Crippen LogP contribution in [-0.4, -0.2) is 9.78 Å². The van der Waals surface area contributed by atoms with Gasteiger partial charge in [-0.2, -0.15) is 17.7 Å². The fourth-order valence-electron chi connectivity index (χ4n) is 2.99. The SMILES string of the molecule is CC(C)(C)n1cc(CS)c(-c2ccc3c(c2)CCCC3)n1. The van der Waals surface area contributed by atoms with E-state index in [9.17, 15) is 0 Å². The standard InChI is InChI=1S/C18H24N2S/c1-18(2,3)20-11-16(12-21)17(19-20)15-9-8-13-6-4-5-7-14(13)10-15/h8-11,21H,4-7,12H2,1-3H3. The number of aryl methyl sites for hydroxylation is 2. The van der Waals surface area contributed by atoms with Crippen LogP contribution in [0, 0.1) is 0 Å². The molecule has 21 heavy (non-hydrogen) atoms. The summed E-state index contributed by atoms with van der Waals surface area (Å²) in [6.45, 7) is 6.54. The molecule has 0 atom stereocenters. The van der Waals surface area contributed by atoms with Gasteiger partial charge in [-0.1, -0.05) is 12.1 Å². The highest BCUT2D eigenvalue weighted by Gasteiger charge is 2.19. The summed E-state index contributed by atoms with van der Waals surface area (Å²) in [6, 6.07) is 6.87. The molecule has 0 radical (unpaired) electrons. The molecule has 0 spiro atoms. The van der Waals surface area contributed by atoms with Crippen LogP contribution in [0.2, 0.25) is 0 Å². The van der Waals surface area contributed by atoms with Crippen molar-refractivity contribution < 1.29 is 0 Å². The molecule has 0 amide bonds. The smallest absolute Gasteiger partial charge is 0.0963 e. The van der Waals surface area contributed by atoms with Gasteiger partial charge in [0.1, 0.15) is 0 Å². The highest BCUT2D eigenvalue weighted by molar-refractivity contribution is 7.79. The Kier molecular flexibility index (Phi) is 3.87. The Hall–Kier alpha value is -1.22. The molecule has 1 aliphatic rings. The molecule has 0 saturated heterocycles. The lowest BCUT2D eigenvalue weighted by Crippen LogP contribution is -2.22. The first kappa shape index (κ1) is 14.7. The van der Waals surface area contributed by atoms with Crippen molar-refractivity contribution in [2.45, 2.75) is 57.7 Å². The Balaban J connectivity index is 2.05. The van der Waals surface area contributed by atoms with Crippen LogP contribution in [0.3, 0.4) is 0 Å². The van der Waals surface area contributed by atoms with E-state index in [0.29, 0.717) is 0 Å². The number of thiol groups is 1. The lowest BCUT2D eigenvalue weighted by atomic mass is 9.89. The monoisotopic (exact) mass is 300 g/mol. The molecule has 1 aromatic heterocycles. The molecular weight excluding hydrogens is 276 g/mol. The predicted molar refractivity (Wildman–Crippen MR) is 92.0 cm³/mol. The maximum Gasteiger partial charge on any atom is 0.0963 e. The number of nitrogens with zero attached hydrogens (tertiary/aromatic N) is 2. The average Bonchev–Trinajstić information content (AvgIpc) is 2.91. The van der Waals surface area contributed by atoms with E-state index in [2.05, 4.69) is 62.5 Å². The summed E-state index contributed by atoms with van der Waals surface area (Å²) >= 11 is 4.48. The van der Waals surface area contributed by atoms with Crippen LogP contribution in [0.5, 0.6) is 0 Å². The molecule has 1 aliphatic carbocycles. The summed E-state index contributed by atoms with van der Waals surface area (Å²) in [5.74, 6) is 0.725. The summed E-state index contributed by atoms with van der Waals surface area (Å²) in [7, 11) is 0. The molecule has 0 bridgehead atoms. The number of hydrogen-bond acceptors (Lipinski definition) is 2. The quantitative estimate of drug-likeness (QED) is 0.802. The summed E-state index contributed by atoms with van der Waals surface area (Å²) in [5.41, 5.74) is 6.58. The van der Waals surface area contributed by atoms with Gasteiger partial charge in [0.05, 0.1) is 11.2 Å². The molecule has 0 saturated carbocycles. The van der Waals surface area contributed by atoms with Gasteiger partial charge in [0.25, 0.3) is 0 Å². The summed E-state index contributed by atoms with van der Waals surface area (Å²) in [6.07, 6.45) is 7.21. The second-order valence-electron chi connectivity index (χ2n) is 6.97. The predicted octanol–water partition coefficient (Wildman–Crippen LogP) is 4.61. The summed E-state index contributed by atoms with van der Waals surface area (Å²) < 4.78 is 2.06. The van der Waals surface area contributed by atoms with Crippen molar-refractivity contribution in [2.75, 3.05) is 0 Å². The first-order chi connectivity index (χ1) is 9.99. The van der Waals surface area contributed by atoms with Gasteiger partial charge in [0, 0.05) is 23.1 Å². The second-order valence-corrected chi connectivity index (χ2v) is 7.28. The lowest BCUT2D eigenvalue weighted by molar-refractivity contribution is 0.356. The number of aromatic nitrogens is 2. The zero-order chi connectivity index (χ0) is 15.0. The molecule has 112 valence electrons. The van der Waals surface area contributed by atoms with Crippen LogP contribution in [0.15, 0.2) is 24.4 Å². The fourth-order valence-corrected chi connectivity index (χ4v) is 3.22. The van der Waals surface area contributed by atoms with E-state index >= 15 is 0 Å². The maximum atomic E-state index is 4.84. The van der Waals surface area contributed by atoms with E-state index < -0.39 is 0 Å². The van der Waals surface area contributed by atoms with Crippen LogP contribution in [0.4, 0.5) is 0 Å². The van der Waals surface area contributed by atoms with E-state index in [4.69, 9.17) is 5.10 Å². The number of fused-ring (bicyclic) bond motifs is 1. The highest BCUT2D eigenvalue weighted by Crippen LogP contribution is 2.30. The Labute approximate surface area is 133 Å². The van der Waals surface area contributed by atoms with E-state index in [0.717, 1.165) is 11.4 Å². The zero-order valence-corrected chi connectivity index (χ0v) is 14.1. The van der Waals surface area contributed by atoms with E-state index in [1.54, 1.807) is 0 Å². The van der Waals surface area contributed by atoms with Crippen LogP contribution in [-0.2, 0) is 24.1 Å². The van der Waals surface area contributed by atoms with Gasteiger partial charge in [-0.05, 0) is 63.6 Å². The van der Waals surface area contributed by atoms with Gasteiger partial charge in [0.2, 0.25) is 0 Å². The van der Waals surface area contributed by atoms with E-state index in [1.807, 2.05) is 0 Å². The van der Waals surface area contributed by atoms with E-state index in [-0.39, 0.29) is 5.54 Å². The molecule has 0 aliphatic heterocycles. The van der Waals surface area contributed by atoms with Crippen LogP contribution in [0.1, 0.15) is 50.3 Å².